The molecular weight excluding hydrogens is 216 g/mol. The van der Waals surface area contributed by atoms with Crippen LogP contribution in [0.15, 0.2) is 4.42 Å². The SMILES string of the molecule is Cc1oc(C)c(C(=O)NCC2CC(N)C2)c1C. The molecule has 94 valence electrons. The maximum atomic E-state index is 12.0. The summed E-state index contributed by atoms with van der Waals surface area (Å²) in [6, 6.07) is 0.330. The quantitative estimate of drug-likeness (QED) is 0.838. The molecule has 3 N–H and O–H groups in total. The van der Waals surface area contributed by atoms with Crippen LogP contribution in [0, 0.1) is 26.7 Å². The van der Waals surface area contributed by atoms with Crippen molar-refractivity contribution in [1.82, 2.24) is 5.32 Å². The molecular formula is C13H20N2O2. The van der Waals surface area contributed by atoms with Crippen molar-refractivity contribution in [3.63, 3.8) is 0 Å². The Morgan fingerprint density at radius 1 is 1.35 bits per heavy atom. The zero-order chi connectivity index (χ0) is 12.6. The van der Waals surface area contributed by atoms with Crippen molar-refractivity contribution in [2.24, 2.45) is 11.7 Å². The first-order chi connectivity index (χ1) is 7.99. The van der Waals surface area contributed by atoms with Gasteiger partial charge in [-0.05, 0) is 39.5 Å². The Balaban J connectivity index is 1.95. The van der Waals surface area contributed by atoms with Crippen molar-refractivity contribution in [2.75, 3.05) is 6.54 Å². The molecule has 2 rings (SSSR count). The van der Waals surface area contributed by atoms with Gasteiger partial charge in [-0.25, -0.2) is 0 Å². The summed E-state index contributed by atoms with van der Waals surface area (Å²) in [4.78, 5) is 12.0. The molecule has 1 saturated carbocycles. The van der Waals surface area contributed by atoms with Gasteiger partial charge in [-0.2, -0.15) is 0 Å². The van der Waals surface area contributed by atoms with Crippen molar-refractivity contribution in [3.05, 3.63) is 22.6 Å². The van der Waals surface area contributed by atoms with E-state index in [4.69, 9.17) is 10.2 Å². The van der Waals surface area contributed by atoms with Crippen molar-refractivity contribution >= 4 is 5.91 Å². The van der Waals surface area contributed by atoms with Crippen LogP contribution < -0.4 is 11.1 Å². The van der Waals surface area contributed by atoms with Gasteiger partial charge in [0.2, 0.25) is 0 Å². The Morgan fingerprint density at radius 3 is 2.47 bits per heavy atom. The highest BCUT2D eigenvalue weighted by molar-refractivity contribution is 5.96. The highest BCUT2D eigenvalue weighted by atomic mass is 16.3. The smallest absolute Gasteiger partial charge is 0.255 e. The van der Waals surface area contributed by atoms with E-state index in [0.717, 1.165) is 30.7 Å². The summed E-state index contributed by atoms with van der Waals surface area (Å²) in [5, 5.41) is 2.96. The van der Waals surface area contributed by atoms with Gasteiger partial charge in [0.1, 0.15) is 11.5 Å². The zero-order valence-electron chi connectivity index (χ0n) is 10.7. The van der Waals surface area contributed by atoms with Crippen LogP contribution in [0.1, 0.15) is 40.3 Å². The molecule has 1 aliphatic carbocycles. The number of furan rings is 1. The molecule has 0 spiro atoms. The second kappa shape index (κ2) is 4.53. The Morgan fingerprint density at radius 2 is 2.00 bits per heavy atom. The summed E-state index contributed by atoms with van der Waals surface area (Å²) in [6.07, 6.45) is 2.03. The predicted octanol–water partition coefficient (Wildman–Crippen LogP) is 1.67. The van der Waals surface area contributed by atoms with E-state index in [2.05, 4.69) is 5.32 Å². The number of rotatable bonds is 3. The largest absolute Gasteiger partial charge is 0.466 e. The van der Waals surface area contributed by atoms with E-state index in [-0.39, 0.29) is 5.91 Å². The van der Waals surface area contributed by atoms with E-state index >= 15 is 0 Å². The molecule has 1 aromatic rings. The van der Waals surface area contributed by atoms with Gasteiger partial charge < -0.3 is 15.5 Å². The van der Waals surface area contributed by atoms with Gasteiger partial charge in [-0.15, -0.1) is 0 Å². The molecule has 0 saturated heterocycles. The van der Waals surface area contributed by atoms with Crippen LogP contribution in [-0.4, -0.2) is 18.5 Å². The van der Waals surface area contributed by atoms with Gasteiger partial charge in [0.05, 0.1) is 5.56 Å². The number of carbonyl (C=O) groups is 1. The minimum absolute atomic E-state index is 0.0303. The van der Waals surface area contributed by atoms with Gasteiger partial charge in [-0.1, -0.05) is 0 Å². The average molecular weight is 236 g/mol. The van der Waals surface area contributed by atoms with E-state index in [1.807, 2.05) is 20.8 Å². The molecule has 4 heteroatoms. The Labute approximate surface area is 102 Å². The fraction of sp³-hybridized carbons (Fsp3) is 0.615. The maximum Gasteiger partial charge on any atom is 0.255 e. The fourth-order valence-electron chi connectivity index (χ4n) is 2.41. The average Bonchev–Trinajstić information content (AvgIpc) is 2.46. The second-order valence-electron chi connectivity index (χ2n) is 5.02. The molecule has 1 aromatic heterocycles. The summed E-state index contributed by atoms with van der Waals surface area (Å²) in [7, 11) is 0. The van der Waals surface area contributed by atoms with Crippen LogP contribution in [0.3, 0.4) is 0 Å². The third kappa shape index (κ3) is 2.36. The van der Waals surface area contributed by atoms with E-state index in [9.17, 15) is 4.79 Å². The summed E-state index contributed by atoms with van der Waals surface area (Å²) in [5.41, 5.74) is 7.33. The summed E-state index contributed by atoms with van der Waals surface area (Å²) in [6.45, 7) is 6.34. The van der Waals surface area contributed by atoms with Crippen LogP contribution in [0.2, 0.25) is 0 Å². The number of nitrogens with two attached hydrogens (primary N) is 1. The van der Waals surface area contributed by atoms with Gasteiger partial charge in [0.15, 0.2) is 0 Å². The molecule has 0 unspecified atom stereocenters. The summed E-state index contributed by atoms with van der Waals surface area (Å²) < 4.78 is 5.45. The fourth-order valence-corrected chi connectivity index (χ4v) is 2.41. The molecule has 0 bridgehead atoms. The Kier molecular flexibility index (Phi) is 3.24. The van der Waals surface area contributed by atoms with Crippen molar-refractivity contribution in [1.29, 1.82) is 0 Å². The normalized spacial score (nSPS) is 23.3. The monoisotopic (exact) mass is 236 g/mol. The highest BCUT2D eigenvalue weighted by Gasteiger charge is 2.27. The van der Waals surface area contributed by atoms with E-state index in [1.54, 1.807) is 0 Å². The third-order valence-electron chi connectivity index (χ3n) is 3.61. The van der Waals surface area contributed by atoms with E-state index in [0.29, 0.717) is 23.3 Å². The Bertz CT molecular complexity index is 431. The molecule has 1 heterocycles. The number of carbonyl (C=O) groups excluding carboxylic acids is 1. The van der Waals surface area contributed by atoms with Crippen molar-refractivity contribution in [2.45, 2.75) is 39.7 Å². The molecule has 0 atom stereocenters. The zero-order valence-corrected chi connectivity index (χ0v) is 10.7. The van der Waals surface area contributed by atoms with Gasteiger partial charge in [0, 0.05) is 18.2 Å². The lowest BCUT2D eigenvalue weighted by Crippen LogP contribution is -2.42. The highest BCUT2D eigenvalue weighted by Crippen LogP contribution is 2.25. The molecule has 1 fully saturated rings. The topological polar surface area (TPSA) is 68.3 Å². The molecule has 0 aromatic carbocycles. The maximum absolute atomic E-state index is 12.0. The van der Waals surface area contributed by atoms with Crippen molar-refractivity contribution < 1.29 is 9.21 Å². The molecule has 1 amide bonds. The Hall–Kier alpha value is -1.29. The first-order valence-corrected chi connectivity index (χ1v) is 6.09. The van der Waals surface area contributed by atoms with Crippen LogP contribution in [0.4, 0.5) is 0 Å². The first kappa shape index (κ1) is 12.2. The van der Waals surface area contributed by atoms with E-state index < -0.39 is 0 Å². The lowest BCUT2D eigenvalue weighted by atomic mass is 9.81. The number of hydrogen-bond acceptors (Lipinski definition) is 3. The second-order valence-corrected chi connectivity index (χ2v) is 5.02. The number of hydrogen-bond donors (Lipinski definition) is 2. The van der Waals surface area contributed by atoms with E-state index in [1.165, 1.54) is 0 Å². The lowest BCUT2D eigenvalue weighted by Gasteiger charge is -2.32. The van der Waals surface area contributed by atoms with Crippen molar-refractivity contribution in [3.8, 4) is 0 Å². The summed E-state index contributed by atoms with van der Waals surface area (Å²) >= 11 is 0. The third-order valence-corrected chi connectivity index (χ3v) is 3.61. The van der Waals surface area contributed by atoms with Gasteiger partial charge in [-0.3, -0.25) is 4.79 Å². The van der Waals surface area contributed by atoms with Crippen LogP contribution in [0.25, 0.3) is 0 Å². The standard InChI is InChI=1S/C13H20N2O2/c1-7-8(2)17-9(3)12(7)13(16)15-6-10-4-11(14)5-10/h10-11H,4-6,14H2,1-3H3,(H,15,16). The predicted molar refractivity (Wildman–Crippen MR) is 66.0 cm³/mol. The van der Waals surface area contributed by atoms with Gasteiger partial charge >= 0.3 is 0 Å². The van der Waals surface area contributed by atoms with Crippen LogP contribution in [-0.2, 0) is 0 Å². The molecule has 4 nitrogen and oxygen atoms in total. The molecule has 0 radical (unpaired) electrons. The molecule has 0 aliphatic heterocycles. The van der Waals surface area contributed by atoms with Crippen LogP contribution in [0.5, 0.6) is 0 Å². The number of aryl methyl sites for hydroxylation is 2. The first-order valence-electron chi connectivity index (χ1n) is 6.09. The van der Waals surface area contributed by atoms with Crippen LogP contribution >= 0.6 is 0 Å². The molecule has 17 heavy (non-hydrogen) atoms. The molecule has 1 aliphatic rings. The summed E-state index contributed by atoms with van der Waals surface area (Å²) in [5.74, 6) is 2.03. The minimum Gasteiger partial charge on any atom is -0.466 e. The minimum atomic E-state index is -0.0303. The number of nitrogens with one attached hydrogen (secondary N) is 1. The number of amides is 1. The van der Waals surface area contributed by atoms with Gasteiger partial charge in [0.25, 0.3) is 5.91 Å². The lowest BCUT2D eigenvalue weighted by molar-refractivity contribution is 0.0933.